The second-order valence-corrected chi connectivity index (χ2v) is 5.53. The molecule has 5 nitrogen and oxygen atoms in total. The lowest BCUT2D eigenvalue weighted by atomic mass is 10.1. The number of benzene rings is 1. The van der Waals surface area contributed by atoms with Crippen LogP contribution in [0.2, 0.25) is 0 Å². The summed E-state index contributed by atoms with van der Waals surface area (Å²) in [5, 5.41) is 3.00. The Labute approximate surface area is 124 Å². The van der Waals surface area contributed by atoms with Gasteiger partial charge in [-0.05, 0) is 38.0 Å². The molecule has 0 spiro atoms. The van der Waals surface area contributed by atoms with Crippen molar-refractivity contribution in [1.29, 1.82) is 0 Å². The van der Waals surface area contributed by atoms with Gasteiger partial charge < -0.3 is 19.5 Å². The minimum atomic E-state index is -0.103. The Morgan fingerprint density at radius 2 is 2.00 bits per heavy atom. The average molecular weight is 291 g/mol. The quantitative estimate of drug-likeness (QED) is 0.927. The summed E-state index contributed by atoms with van der Waals surface area (Å²) in [6.07, 6.45) is 3.04. The molecular formula is C16H21NO4. The van der Waals surface area contributed by atoms with Gasteiger partial charge >= 0.3 is 0 Å². The summed E-state index contributed by atoms with van der Waals surface area (Å²) >= 11 is 0. The molecule has 0 bridgehead atoms. The molecule has 1 amide bonds. The first-order chi connectivity index (χ1) is 10.2. The zero-order chi connectivity index (χ0) is 14.7. The lowest BCUT2D eigenvalue weighted by Crippen LogP contribution is -2.40. The predicted octanol–water partition coefficient (Wildman–Crippen LogP) is 2.15. The summed E-state index contributed by atoms with van der Waals surface area (Å²) in [5.41, 5.74) is 0.587. The molecule has 1 aromatic rings. The maximum atomic E-state index is 12.3. The van der Waals surface area contributed by atoms with Gasteiger partial charge in [0.05, 0.1) is 25.4 Å². The number of fused-ring (bicyclic) bond motifs is 1. The van der Waals surface area contributed by atoms with Gasteiger partial charge in [0.15, 0.2) is 11.5 Å². The molecule has 0 saturated carbocycles. The second kappa shape index (κ2) is 6.35. The lowest BCUT2D eigenvalue weighted by Gasteiger charge is -2.20. The van der Waals surface area contributed by atoms with Crippen LogP contribution in [-0.4, -0.2) is 37.9 Å². The highest BCUT2D eigenvalue weighted by atomic mass is 16.5. The SMILES string of the molecule is C[C@@H](NC(=O)c1ccc2c(c1)OCCCO2)[C@@H]1CCCO1. The Hall–Kier alpha value is -1.75. The predicted molar refractivity (Wildman–Crippen MR) is 78.0 cm³/mol. The summed E-state index contributed by atoms with van der Waals surface area (Å²) in [5.74, 6) is 1.25. The van der Waals surface area contributed by atoms with Crippen molar-refractivity contribution in [3.63, 3.8) is 0 Å². The summed E-state index contributed by atoms with van der Waals surface area (Å²) in [4.78, 5) is 12.3. The van der Waals surface area contributed by atoms with Crippen LogP contribution in [0.5, 0.6) is 11.5 Å². The van der Waals surface area contributed by atoms with Gasteiger partial charge in [-0.2, -0.15) is 0 Å². The molecule has 0 radical (unpaired) electrons. The van der Waals surface area contributed by atoms with Crippen molar-refractivity contribution < 1.29 is 19.0 Å². The molecule has 21 heavy (non-hydrogen) atoms. The van der Waals surface area contributed by atoms with E-state index in [1.165, 1.54) is 0 Å². The van der Waals surface area contributed by atoms with Crippen LogP contribution in [0.1, 0.15) is 36.5 Å². The van der Waals surface area contributed by atoms with E-state index in [0.29, 0.717) is 30.3 Å². The number of nitrogens with one attached hydrogen (secondary N) is 1. The highest BCUT2D eigenvalue weighted by molar-refractivity contribution is 5.95. The molecule has 0 aliphatic carbocycles. The number of carbonyl (C=O) groups excluding carboxylic acids is 1. The third-order valence-corrected chi connectivity index (χ3v) is 3.89. The molecule has 114 valence electrons. The Morgan fingerprint density at radius 3 is 2.76 bits per heavy atom. The molecule has 5 heteroatoms. The van der Waals surface area contributed by atoms with Crippen LogP contribution in [0.4, 0.5) is 0 Å². The topological polar surface area (TPSA) is 56.8 Å². The second-order valence-electron chi connectivity index (χ2n) is 5.53. The van der Waals surface area contributed by atoms with E-state index < -0.39 is 0 Å². The van der Waals surface area contributed by atoms with Crippen molar-refractivity contribution in [2.45, 2.75) is 38.3 Å². The van der Waals surface area contributed by atoms with Crippen LogP contribution in [0, 0.1) is 0 Å². The minimum absolute atomic E-state index is 0.0102. The smallest absolute Gasteiger partial charge is 0.251 e. The zero-order valence-electron chi connectivity index (χ0n) is 12.3. The van der Waals surface area contributed by atoms with E-state index in [0.717, 1.165) is 25.9 Å². The van der Waals surface area contributed by atoms with E-state index in [9.17, 15) is 4.79 Å². The molecule has 1 aromatic carbocycles. The molecule has 0 aromatic heterocycles. The Balaban J connectivity index is 1.68. The van der Waals surface area contributed by atoms with Gasteiger partial charge in [-0.25, -0.2) is 0 Å². The molecule has 2 atom stereocenters. The van der Waals surface area contributed by atoms with E-state index in [1.807, 2.05) is 6.92 Å². The first-order valence-electron chi connectivity index (χ1n) is 7.56. The van der Waals surface area contributed by atoms with Crippen molar-refractivity contribution in [2.75, 3.05) is 19.8 Å². The lowest BCUT2D eigenvalue weighted by molar-refractivity contribution is 0.0712. The summed E-state index contributed by atoms with van der Waals surface area (Å²) in [7, 11) is 0. The van der Waals surface area contributed by atoms with E-state index in [1.54, 1.807) is 18.2 Å². The first-order valence-corrected chi connectivity index (χ1v) is 7.56. The standard InChI is InChI=1S/C16H21NO4/c1-11(13-4-2-7-19-13)17-16(18)12-5-6-14-15(10-12)21-9-3-8-20-14/h5-6,10-11,13H,2-4,7-9H2,1H3,(H,17,18)/t11-,13+/m1/s1. The van der Waals surface area contributed by atoms with Gasteiger partial charge in [0, 0.05) is 18.6 Å². The number of ether oxygens (including phenoxy) is 3. The van der Waals surface area contributed by atoms with Gasteiger partial charge in [-0.1, -0.05) is 0 Å². The number of amides is 1. The normalized spacial score (nSPS) is 22.4. The van der Waals surface area contributed by atoms with Crippen LogP contribution >= 0.6 is 0 Å². The molecule has 3 rings (SSSR count). The molecule has 0 unspecified atom stereocenters. The molecule has 1 N–H and O–H groups in total. The van der Waals surface area contributed by atoms with Crippen molar-refractivity contribution in [3.8, 4) is 11.5 Å². The van der Waals surface area contributed by atoms with Gasteiger partial charge in [-0.15, -0.1) is 0 Å². The fraction of sp³-hybridized carbons (Fsp3) is 0.562. The van der Waals surface area contributed by atoms with Crippen molar-refractivity contribution in [2.24, 2.45) is 0 Å². The van der Waals surface area contributed by atoms with Crippen LogP contribution in [0.3, 0.4) is 0 Å². The fourth-order valence-corrected chi connectivity index (χ4v) is 2.68. The number of hydrogen-bond acceptors (Lipinski definition) is 4. The summed E-state index contributed by atoms with van der Waals surface area (Å²) < 4.78 is 16.8. The van der Waals surface area contributed by atoms with Crippen LogP contribution < -0.4 is 14.8 Å². The van der Waals surface area contributed by atoms with E-state index >= 15 is 0 Å². The molecule has 2 aliphatic rings. The number of rotatable bonds is 3. The molecule has 1 fully saturated rings. The van der Waals surface area contributed by atoms with E-state index in [-0.39, 0.29) is 18.1 Å². The van der Waals surface area contributed by atoms with Gasteiger partial charge in [-0.3, -0.25) is 4.79 Å². The summed E-state index contributed by atoms with van der Waals surface area (Å²) in [6, 6.07) is 5.33. The van der Waals surface area contributed by atoms with Crippen molar-refractivity contribution >= 4 is 5.91 Å². The first kappa shape index (κ1) is 14.2. The average Bonchev–Trinajstić information content (AvgIpc) is 2.92. The van der Waals surface area contributed by atoms with E-state index in [4.69, 9.17) is 14.2 Å². The molecule has 2 aliphatic heterocycles. The number of hydrogen-bond donors (Lipinski definition) is 1. The molecular weight excluding hydrogens is 270 g/mol. The van der Waals surface area contributed by atoms with Gasteiger partial charge in [0.2, 0.25) is 0 Å². The highest BCUT2D eigenvalue weighted by Crippen LogP contribution is 2.30. The van der Waals surface area contributed by atoms with Crippen LogP contribution in [0.25, 0.3) is 0 Å². The fourth-order valence-electron chi connectivity index (χ4n) is 2.68. The third-order valence-electron chi connectivity index (χ3n) is 3.89. The molecule has 2 heterocycles. The zero-order valence-corrected chi connectivity index (χ0v) is 12.3. The van der Waals surface area contributed by atoms with Crippen molar-refractivity contribution in [1.82, 2.24) is 5.32 Å². The van der Waals surface area contributed by atoms with E-state index in [2.05, 4.69) is 5.32 Å². The van der Waals surface area contributed by atoms with Crippen LogP contribution in [0.15, 0.2) is 18.2 Å². The highest BCUT2D eigenvalue weighted by Gasteiger charge is 2.24. The summed E-state index contributed by atoms with van der Waals surface area (Å²) in [6.45, 7) is 4.03. The molecule has 1 saturated heterocycles. The van der Waals surface area contributed by atoms with Crippen LogP contribution in [-0.2, 0) is 4.74 Å². The Morgan fingerprint density at radius 1 is 1.19 bits per heavy atom. The van der Waals surface area contributed by atoms with Gasteiger partial charge in [0.1, 0.15) is 0 Å². The maximum Gasteiger partial charge on any atom is 0.251 e. The van der Waals surface area contributed by atoms with Gasteiger partial charge in [0.25, 0.3) is 5.91 Å². The Bertz CT molecular complexity index is 511. The van der Waals surface area contributed by atoms with Crippen molar-refractivity contribution in [3.05, 3.63) is 23.8 Å². The monoisotopic (exact) mass is 291 g/mol. The maximum absolute atomic E-state index is 12.3. The Kier molecular flexibility index (Phi) is 4.29. The third kappa shape index (κ3) is 3.29. The number of carbonyl (C=O) groups is 1. The largest absolute Gasteiger partial charge is 0.490 e. The minimum Gasteiger partial charge on any atom is -0.490 e.